The second-order valence-corrected chi connectivity index (χ2v) is 7.76. The lowest BCUT2D eigenvalue weighted by atomic mass is 9.77. The molecule has 2 aliphatic rings. The number of hydrogen-bond donors (Lipinski definition) is 0. The molecule has 3 heterocycles. The lowest BCUT2D eigenvalue weighted by molar-refractivity contribution is -0.123. The van der Waals surface area contributed by atoms with Crippen LogP contribution in [0.5, 0.6) is 0 Å². The van der Waals surface area contributed by atoms with Crippen LogP contribution in [0.2, 0.25) is 0 Å². The standard InChI is InChI=1S/C22H25FN2O2/c23-20-5-1-3-17(14-20)13-18-6-12-27-22(15-18)7-10-25(11-8-22)21(26)19-4-2-9-24-16-19/h1-5,9,14,16,18H,6-8,10-13,15H2. The molecule has 1 aromatic heterocycles. The number of carbonyl (C=O) groups is 1. The highest BCUT2D eigenvalue weighted by atomic mass is 19.1. The highest BCUT2D eigenvalue weighted by molar-refractivity contribution is 5.93. The molecule has 0 bridgehead atoms. The van der Waals surface area contributed by atoms with Gasteiger partial charge in [-0.05, 0) is 67.9 Å². The predicted molar refractivity (Wildman–Crippen MR) is 101 cm³/mol. The molecular formula is C22H25FN2O2. The Balaban J connectivity index is 1.36. The summed E-state index contributed by atoms with van der Waals surface area (Å²) in [5, 5.41) is 0. The van der Waals surface area contributed by atoms with E-state index in [9.17, 15) is 9.18 Å². The molecule has 4 rings (SSSR count). The largest absolute Gasteiger partial charge is 0.375 e. The predicted octanol–water partition coefficient (Wildman–Crippen LogP) is 3.86. The third-order valence-electron chi connectivity index (χ3n) is 5.88. The summed E-state index contributed by atoms with van der Waals surface area (Å²) in [7, 11) is 0. The number of carbonyl (C=O) groups excluding carboxylic acids is 1. The zero-order valence-corrected chi connectivity index (χ0v) is 15.4. The Morgan fingerprint density at radius 1 is 1.26 bits per heavy atom. The first kappa shape index (κ1) is 18.1. The number of amides is 1. The van der Waals surface area contributed by atoms with Gasteiger partial charge in [0, 0.05) is 32.1 Å². The van der Waals surface area contributed by atoms with Gasteiger partial charge in [0.2, 0.25) is 0 Å². The summed E-state index contributed by atoms with van der Waals surface area (Å²) >= 11 is 0. The molecule has 1 unspecified atom stereocenters. The van der Waals surface area contributed by atoms with Crippen LogP contribution in [0.4, 0.5) is 4.39 Å². The summed E-state index contributed by atoms with van der Waals surface area (Å²) in [4.78, 5) is 18.6. The molecule has 2 saturated heterocycles. The normalized spacial score (nSPS) is 22.0. The van der Waals surface area contributed by atoms with E-state index in [1.807, 2.05) is 17.0 Å². The fourth-order valence-corrected chi connectivity index (χ4v) is 4.44. The monoisotopic (exact) mass is 368 g/mol. The molecule has 1 atom stereocenters. The second-order valence-electron chi connectivity index (χ2n) is 7.76. The van der Waals surface area contributed by atoms with Crippen molar-refractivity contribution in [3.8, 4) is 0 Å². The van der Waals surface area contributed by atoms with Crippen LogP contribution in [0.25, 0.3) is 0 Å². The van der Waals surface area contributed by atoms with Crippen molar-refractivity contribution < 1.29 is 13.9 Å². The van der Waals surface area contributed by atoms with Crippen LogP contribution < -0.4 is 0 Å². The van der Waals surface area contributed by atoms with Gasteiger partial charge in [0.1, 0.15) is 5.82 Å². The maximum absolute atomic E-state index is 13.5. The Morgan fingerprint density at radius 2 is 2.11 bits per heavy atom. The Bertz CT molecular complexity index is 788. The SMILES string of the molecule is O=C(c1cccnc1)N1CCC2(CC1)CC(Cc1cccc(F)c1)CCO2. The minimum absolute atomic E-state index is 0.0464. The number of pyridine rings is 1. The lowest BCUT2D eigenvalue weighted by Gasteiger charge is -2.46. The van der Waals surface area contributed by atoms with Gasteiger partial charge in [-0.3, -0.25) is 9.78 Å². The lowest BCUT2D eigenvalue weighted by Crippen LogP contribution is -2.51. The van der Waals surface area contributed by atoms with Crippen LogP contribution in [-0.4, -0.2) is 41.1 Å². The fourth-order valence-electron chi connectivity index (χ4n) is 4.44. The average molecular weight is 368 g/mol. The summed E-state index contributed by atoms with van der Waals surface area (Å²) in [5.41, 5.74) is 1.56. The summed E-state index contributed by atoms with van der Waals surface area (Å²) in [6.07, 6.45) is 7.91. The zero-order valence-electron chi connectivity index (χ0n) is 15.4. The van der Waals surface area contributed by atoms with Crippen molar-refractivity contribution in [3.05, 3.63) is 65.7 Å². The number of ether oxygens (including phenoxy) is 1. The second kappa shape index (κ2) is 7.77. The topological polar surface area (TPSA) is 42.4 Å². The van der Waals surface area contributed by atoms with E-state index in [-0.39, 0.29) is 17.3 Å². The number of piperidine rings is 1. The molecule has 0 aliphatic carbocycles. The van der Waals surface area contributed by atoms with Crippen LogP contribution in [0, 0.1) is 11.7 Å². The van der Waals surface area contributed by atoms with E-state index < -0.39 is 0 Å². The molecule has 2 fully saturated rings. The molecule has 1 amide bonds. The molecule has 142 valence electrons. The minimum Gasteiger partial charge on any atom is -0.375 e. The number of aromatic nitrogens is 1. The highest BCUT2D eigenvalue weighted by Gasteiger charge is 2.41. The van der Waals surface area contributed by atoms with Crippen molar-refractivity contribution in [2.45, 2.75) is 37.7 Å². The smallest absolute Gasteiger partial charge is 0.255 e. The van der Waals surface area contributed by atoms with Crippen molar-refractivity contribution in [1.82, 2.24) is 9.88 Å². The average Bonchev–Trinajstić information content (AvgIpc) is 2.69. The van der Waals surface area contributed by atoms with Crippen molar-refractivity contribution in [3.63, 3.8) is 0 Å². The first-order valence-electron chi connectivity index (χ1n) is 9.71. The molecule has 5 heteroatoms. The molecule has 0 saturated carbocycles. The highest BCUT2D eigenvalue weighted by Crippen LogP contribution is 2.39. The Kier molecular flexibility index (Phi) is 5.21. The number of hydrogen-bond acceptors (Lipinski definition) is 3. The number of benzene rings is 1. The summed E-state index contributed by atoms with van der Waals surface area (Å²) in [6.45, 7) is 2.16. The number of likely N-dealkylation sites (tertiary alicyclic amines) is 1. The van der Waals surface area contributed by atoms with Gasteiger partial charge in [-0.25, -0.2) is 4.39 Å². The summed E-state index contributed by atoms with van der Waals surface area (Å²) in [5.74, 6) is 0.377. The molecule has 1 aromatic carbocycles. The van der Waals surface area contributed by atoms with Crippen LogP contribution in [-0.2, 0) is 11.2 Å². The molecule has 0 N–H and O–H groups in total. The third-order valence-corrected chi connectivity index (χ3v) is 5.88. The summed E-state index contributed by atoms with van der Waals surface area (Å²) in [6, 6.07) is 10.5. The van der Waals surface area contributed by atoms with E-state index in [1.54, 1.807) is 30.6 Å². The molecule has 0 radical (unpaired) electrons. The van der Waals surface area contributed by atoms with Crippen LogP contribution >= 0.6 is 0 Å². The molecule has 2 aliphatic heterocycles. The van der Waals surface area contributed by atoms with Crippen LogP contribution in [0.1, 0.15) is 41.6 Å². The van der Waals surface area contributed by atoms with Gasteiger partial charge >= 0.3 is 0 Å². The molecular weight excluding hydrogens is 343 g/mol. The molecule has 1 spiro atoms. The van der Waals surface area contributed by atoms with Gasteiger partial charge < -0.3 is 9.64 Å². The molecule has 2 aromatic rings. The number of nitrogens with zero attached hydrogens (tertiary/aromatic N) is 2. The van der Waals surface area contributed by atoms with Gasteiger partial charge in [0.15, 0.2) is 0 Å². The Labute approximate surface area is 159 Å². The van der Waals surface area contributed by atoms with E-state index in [0.29, 0.717) is 24.6 Å². The quantitative estimate of drug-likeness (QED) is 0.826. The van der Waals surface area contributed by atoms with Crippen LogP contribution in [0.3, 0.4) is 0 Å². The van der Waals surface area contributed by atoms with Gasteiger partial charge in [0.25, 0.3) is 5.91 Å². The van der Waals surface area contributed by atoms with Crippen LogP contribution in [0.15, 0.2) is 48.8 Å². The van der Waals surface area contributed by atoms with Gasteiger partial charge in [-0.1, -0.05) is 12.1 Å². The van der Waals surface area contributed by atoms with Crippen molar-refractivity contribution in [2.75, 3.05) is 19.7 Å². The van der Waals surface area contributed by atoms with Crippen molar-refractivity contribution in [2.24, 2.45) is 5.92 Å². The maximum Gasteiger partial charge on any atom is 0.255 e. The number of halogens is 1. The van der Waals surface area contributed by atoms with E-state index in [0.717, 1.165) is 44.3 Å². The van der Waals surface area contributed by atoms with E-state index in [4.69, 9.17) is 4.74 Å². The third kappa shape index (κ3) is 4.19. The maximum atomic E-state index is 13.5. The van der Waals surface area contributed by atoms with Gasteiger partial charge in [0.05, 0.1) is 11.2 Å². The number of rotatable bonds is 3. The van der Waals surface area contributed by atoms with E-state index in [1.165, 1.54) is 6.07 Å². The Hall–Kier alpha value is -2.27. The van der Waals surface area contributed by atoms with Gasteiger partial charge in [-0.15, -0.1) is 0 Å². The summed E-state index contributed by atoms with van der Waals surface area (Å²) < 4.78 is 19.7. The van der Waals surface area contributed by atoms with E-state index in [2.05, 4.69) is 4.98 Å². The minimum atomic E-state index is -0.170. The fraction of sp³-hybridized carbons (Fsp3) is 0.455. The molecule has 27 heavy (non-hydrogen) atoms. The first-order chi connectivity index (χ1) is 13.1. The van der Waals surface area contributed by atoms with Crippen molar-refractivity contribution in [1.29, 1.82) is 0 Å². The van der Waals surface area contributed by atoms with E-state index >= 15 is 0 Å². The van der Waals surface area contributed by atoms with Gasteiger partial charge in [-0.2, -0.15) is 0 Å². The van der Waals surface area contributed by atoms with Crippen molar-refractivity contribution >= 4 is 5.91 Å². The zero-order chi connectivity index (χ0) is 18.7. The Morgan fingerprint density at radius 3 is 2.85 bits per heavy atom. The first-order valence-corrected chi connectivity index (χ1v) is 9.71. The molecule has 4 nitrogen and oxygen atoms in total.